The Balaban J connectivity index is 1.55. The molecule has 3 nitrogen and oxygen atoms in total. The number of rotatable bonds is 2. The molecule has 36 heavy (non-hydrogen) atoms. The third-order valence-electron chi connectivity index (χ3n) is 7.13. The van der Waals surface area contributed by atoms with Crippen molar-refractivity contribution in [2.24, 2.45) is 4.99 Å². The summed E-state index contributed by atoms with van der Waals surface area (Å²) in [5.41, 5.74) is 8.14. The molecule has 0 saturated carbocycles. The highest BCUT2D eigenvalue weighted by atomic mass is 35.5. The number of fused-ring (bicyclic) bond motifs is 3. The number of hydrogen-bond donors (Lipinski definition) is 0. The average Bonchev–Trinajstić information content (AvgIpc) is 3.17. The molecular weight excluding hydrogens is 484 g/mol. The van der Waals surface area contributed by atoms with E-state index >= 15 is 0 Å². The van der Waals surface area contributed by atoms with Crippen LogP contribution in [-0.4, -0.2) is 4.57 Å². The fraction of sp³-hybridized carbons (Fsp3) is 0.226. The lowest BCUT2D eigenvalue weighted by Crippen LogP contribution is -2.38. The minimum Gasteiger partial charge on any atom is -0.272 e. The Kier molecular flexibility index (Phi) is 5.62. The van der Waals surface area contributed by atoms with Crippen LogP contribution in [0.2, 0.25) is 5.02 Å². The number of benzene rings is 3. The minimum atomic E-state index is -0.188. The van der Waals surface area contributed by atoms with Gasteiger partial charge in [0.25, 0.3) is 5.56 Å². The third kappa shape index (κ3) is 3.99. The zero-order valence-corrected chi connectivity index (χ0v) is 22.2. The van der Waals surface area contributed by atoms with Gasteiger partial charge in [-0.1, -0.05) is 104 Å². The van der Waals surface area contributed by atoms with E-state index in [1.54, 1.807) is 0 Å². The zero-order chi connectivity index (χ0) is 25.0. The highest BCUT2D eigenvalue weighted by Gasteiger charge is 2.32. The van der Waals surface area contributed by atoms with Crippen LogP contribution < -0.4 is 14.9 Å². The van der Waals surface area contributed by atoms with Crippen molar-refractivity contribution in [3.63, 3.8) is 0 Å². The van der Waals surface area contributed by atoms with Crippen LogP contribution in [0.25, 0.3) is 11.8 Å². The van der Waals surface area contributed by atoms with Crippen molar-refractivity contribution in [1.82, 2.24) is 4.57 Å². The summed E-state index contributed by atoms with van der Waals surface area (Å²) in [6.07, 6.45) is 3.81. The second kappa shape index (κ2) is 8.72. The summed E-state index contributed by atoms with van der Waals surface area (Å²) in [6, 6.07) is 24.7. The number of allylic oxidation sites excluding steroid dienone is 1. The number of halogens is 1. The largest absolute Gasteiger partial charge is 0.272 e. The van der Waals surface area contributed by atoms with Gasteiger partial charge in [-0.05, 0) is 64.3 Å². The lowest BCUT2D eigenvalue weighted by atomic mass is 9.83. The van der Waals surface area contributed by atoms with E-state index < -0.39 is 0 Å². The number of hydrogen-bond acceptors (Lipinski definition) is 3. The van der Waals surface area contributed by atoms with Crippen LogP contribution in [0.15, 0.2) is 88.2 Å². The Morgan fingerprint density at radius 2 is 1.69 bits per heavy atom. The second-order valence-corrected chi connectivity index (χ2v) is 12.0. The molecule has 0 unspecified atom stereocenters. The normalized spacial score (nSPS) is 17.3. The SMILES string of the molecule is CC(C)(C)c1ccc(/C=c2/sc3n(c2=O)[C@H](c2ccc(Cl)cc2)C2=C(N=3)c3ccccc3CC2)cc1. The van der Waals surface area contributed by atoms with E-state index in [4.69, 9.17) is 16.6 Å². The first-order valence-corrected chi connectivity index (χ1v) is 13.5. The van der Waals surface area contributed by atoms with Crippen LogP contribution in [0, 0.1) is 0 Å². The van der Waals surface area contributed by atoms with Crippen molar-refractivity contribution < 1.29 is 0 Å². The van der Waals surface area contributed by atoms with Crippen LogP contribution in [0.1, 0.15) is 61.1 Å². The second-order valence-electron chi connectivity index (χ2n) is 10.5. The highest BCUT2D eigenvalue weighted by Crippen LogP contribution is 2.41. The number of thiazole rings is 1. The molecule has 0 saturated heterocycles. The first-order chi connectivity index (χ1) is 17.3. The molecule has 2 aliphatic rings. The van der Waals surface area contributed by atoms with Gasteiger partial charge in [0.05, 0.1) is 16.3 Å². The highest BCUT2D eigenvalue weighted by molar-refractivity contribution is 7.07. The molecule has 4 aromatic rings. The van der Waals surface area contributed by atoms with Crippen LogP contribution in [0.3, 0.4) is 0 Å². The maximum absolute atomic E-state index is 13.8. The molecule has 0 fully saturated rings. The molecule has 1 atom stereocenters. The summed E-state index contributed by atoms with van der Waals surface area (Å²) in [5, 5.41) is 0.688. The summed E-state index contributed by atoms with van der Waals surface area (Å²) in [6.45, 7) is 6.62. The molecule has 0 bridgehead atoms. The van der Waals surface area contributed by atoms with Gasteiger partial charge in [0, 0.05) is 10.6 Å². The van der Waals surface area contributed by atoms with Gasteiger partial charge in [-0.3, -0.25) is 9.36 Å². The van der Waals surface area contributed by atoms with Crippen LogP contribution >= 0.6 is 22.9 Å². The summed E-state index contributed by atoms with van der Waals surface area (Å²) < 4.78 is 2.58. The molecule has 1 aliphatic heterocycles. The fourth-order valence-corrected chi connectivity index (χ4v) is 6.33. The van der Waals surface area contributed by atoms with E-state index in [1.165, 1.54) is 33.6 Å². The molecule has 2 heterocycles. The van der Waals surface area contributed by atoms with Gasteiger partial charge < -0.3 is 0 Å². The topological polar surface area (TPSA) is 34.4 Å². The molecule has 180 valence electrons. The van der Waals surface area contributed by atoms with E-state index in [9.17, 15) is 4.79 Å². The molecule has 1 aromatic heterocycles. The molecule has 0 spiro atoms. The van der Waals surface area contributed by atoms with Crippen molar-refractivity contribution >= 4 is 34.7 Å². The number of aromatic nitrogens is 1. The van der Waals surface area contributed by atoms with Gasteiger partial charge in [-0.15, -0.1) is 0 Å². The molecule has 6 rings (SSSR count). The molecule has 1 aliphatic carbocycles. The van der Waals surface area contributed by atoms with Crippen molar-refractivity contribution in [1.29, 1.82) is 0 Å². The lowest BCUT2D eigenvalue weighted by molar-refractivity contribution is 0.585. The Labute approximate surface area is 219 Å². The monoisotopic (exact) mass is 510 g/mol. The predicted molar refractivity (Wildman–Crippen MR) is 149 cm³/mol. The Morgan fingerprint density at radius 3 is 2.42 bits per heavy atom. The molecule has 0 amide bonds. The van der Waals surface area contributed by atoms with Gasteiger partial charge in [0.2, 0.25) is 0 Å². The molecule has 3 aromatic carbocycles. The molecule has 0 radical (unpaired) electrons. The predicted octanol–water partition coefficient (Wildman–Crippen LogP) is 6.27. The van der Waals surface area contributed by atoms with E-state index in [0.717, 1.165) is 34.5 Å². The first kappa shape index (κ1) is 23.2. The maximum Gasteiger partial charge on any atom is 0.271 e. The van der Waals surface area contributed by atoms with Gasteiger partial charge in [0.15, 0.2) is 4.80 Å². The first-order valence-electron chi connectivity index (χ1n) is 12.3. The van der Waals surface area contributed by atoms with E-state index in [-0.39, 0.29) is 17.0 Å². The van der Waals surface area contributed by atoms with Crippen molar-refractivity contribution in [2.75, 3.05) is 0 Å². The van der Waals surface area contributed by atoms with Gasteiger partial charge in [0.1, 0.15) is 0 Å². The van der Waals surface area contributed by atoms with Gasteiger partial charge in [-0.25, -0.2) is 4.99 Å². The number of nitrogens with zero attached hydrogens (tertiary/aromatic N) is 2. The Bertz CT molecular complexity index is 1680. The number of aryl methyl sites for hydroxylation is 1. The Morgan fingerprint density at radius 1 is 0.972 bits per heavy atom. The third-order valence-corrected chi connectivity index (χ3v) is 8.37. The molecular formula is C31H27ClN2OS. The average molecular weight is 511 g/mol. The van der Waals surface area contributed by atoms with Gasteiger partial charge in [-0.2, -0.15) is 0 Å². The summed E-state index contributed by atoms with van der Waals surface area (Å²) in [7, 11) is 0. The Hall–Kier alpha value is -3.21. The van der Waals surface area contributed by atoms with Crippen LogP contribution in [-0.2, 0) is 11.8 Å². The molecule has 5 heteroatoms. The lowest BCUT2D eigenvalue weighted by Gasteiger charge is -2.30. The standard InChI is InChI=1S/C31H27ClN2OS/c1-31(2,3)22-13-8-19(9-14-22)18-26-29(35)34-28(21-10-15-23(32)16-11-21)25-17-12-20-6-4-5-7-24(20)27(25)33-30(34)36-26/h4-11,13-16,18,28H,12,17H2,1-3H3/b26-18+/t28-/m1/s1. The van der Waals surface area contributed by atoms with E-state index in [2.05, 4.69) is 69.3 Å². The summed E-state index contributed by atoms with van der Waals surface area (Å²) in [5.74, 6) is 0. The minimum absolute atomic E-state index is 0.00371. The quantitative estimate of drug-likeness (QED) is 0.313. The zero-order valence-electron chi connectivity index (χ0n) is 20.6. The van der Waals surface area contributed by atoms with Gasteiger partial charge >= 0.3 is 0 Å². The van der Waals surface area contributed by atoms with Crippen molar-refractivity contribution in [2.45, 2.75) is 45.1 Å². The van der Waals surface area contributed by atoms with Crippen molar-refractivity contribution in [3.05, 3.63) is 131 Å². The van der Waals surface area contributed by atoms with Crippen molar-refractivity contribution in [3.8, 4) is 0 Å². The molecule has 0 N–H and O–H groups in total. The summed E-state index contributed by atoms with van der Waals surface area (Å²) >= 11 is 7.68. The summed E-state index contributed by atoms with van der Waals surface area (Å²) in [4.78, 5) is 19.7. The van der Waals surface area contributed by atoms with E-state index in [0.29, 0.717) is 9.55 Å². The smallest absolute Gasteiger partial charge is 0.271 e. The fourth-order valence-electron chi connectivity index (χ4n) is 5.20. The maximum atomic E-state index is 13.8. The van der Waals surface area contributed by atoms with E-state index in [1.807, 2.05) is 34.9 Å². The van der Waals surface area contributed by atoms with Crippen LogP contribution in [0.5, 0.6) is 0 Å². The van der Waals surface area contributed by atoms with Crippen LogP contribution in [0.4, 0.5) is 0 Å².